The monoisotopic (exact) mass is 263 g/mol. The third-order valence-electron chi connectivity index (χ3n) is 3.71. The van der Waals surface area contributed by atoms with Gasteiger partial charge in [-0.25, -0.2) is 0 Å². The highest BCUT2D eigenvalue weighted by molar-refractivity contribution is 5.96. The van der Waals surface area contributed by atoms with E-state index in [0.29, 0.717) is 11.5 Å². The molecule has 0 radical (unpaired) electrons. The minimum Gasteiger partial charge on any atom is -0.409 e. The lowest BCUT2D eigenvalue weighted by Crippen LogP contribution is -2.27. The van der Waals surface area contributed by atoms with Crippen LogP contribution in [0.2, 0.25) is 0 Å². The molecule has 104 valence electrons. The van der Waals surface area contributed by atoms with Gasteiger partial charge < -0.3 is 21.4 Å². The Hall–Kier alpha value is -1.59. The summed E-state index contributed by atoms with van der Waals surface area (Å²) >= 11 is 0. The Labute approximate surface area is 113 Å². The fourth-order valence-electron chi connectivity index (χ4n) is 2.51. The summed E-state index contributed by atoms with van der Waals surface area (Å²) in [5.74, 6) is 0.505. The Morgan fingerprint density at radius 3 is 2.63 bits per heavy atom. The second-order valence-corrected chi connectivity index (χ2v) is 5.07. The minimum absolute atomic E-state index is 0.119. The SMILES string of the molecule is NC(=NO)c1ccc(CNCC2CCCC2O)cc1. The van der Waals surface area contributed by atoms with Gasteiger partial charge >= 0.3 is 0 Å². The number of nitrogens with zero attached hydrogens (tertiary/aromatic N) is 1. The molecule has 5 heteroatoms. The van der Waals surface area contributed by atoms with E-state index in [1.54, 1.807) is 0 Å². The lowest BCUT2D eigenvalue weighted by atomic mass is 10.1. The van der Waals surface area contributed by atoms with Gasteiger partial charge in [0.15, 0.2) is 5.84 Å². The van der Waals surface area contributed by atoms with Crippen molar-refractivity contribution in [2.45, 2.75) is 31.9 Å². The highest BCUT2D eigenvalue weighted by Crippen LogP contribution is 2.24. The minimum atomic E-state index is -0.143. The van der Waals surface area contributed by atoms with Crippen LogP contribution < -0.4 is 11.1 Å². The van der Waals surface area contributed by atoms with Crippen molar-refractivity contribution in [3.8, 4) is 0 Å². The molecule has 2 rings (SSSR count). The molecule has 1 aromatic rings. The van der Waals surface area contributed by atoms with Crippen LogP contribution in [-0.4, -0.2) is 28.8 Å². The van der Waals surface area contributed by atoms with Gasteiger partial charge in [-0.15, -0.1) is 0 Å². The Morgan fingerprint density at radius 2 is 2.05 bits per heavy atom. The van der Waals surface area contributed by atoms with Crippen molar-refractivity contribution < 1.29 is 10.3 Å². The molecule has 0 saturated heterocycles. The first-order valence-corrected chi connectivity index (χ1v) is 6.66. The van der Waals surface area contributed by atoms with Gasteiger partial charge in [-0.2, -0.15) is 0 Å². The normalized spacial score (nSPS) is 23.7. The standard InChI is InChI=1S/C14H21N3O2/c15-14(17-19)11-6-4-10(5-7-11)8-16-9-12-2-1-3-13(12)18/h4-7,12-13,16,18-19H,1-3,8-9H2,(H2,15,17). The number of hydrogen-bond donors (Lipinski definition) is 4. The van der Waals surface area contributed by atoms with Gasteiger partial charge in [0.2, 0.25) is 0 Å². The average molecular weight is 263 g/mol. The molecule has 0 spiro atoms. The fraction of sp³-hybridized carbons (Fsp3) is 0.500. The molecule has 5 N–H and O–H groups in total. The summed E-state index contributed by atoms with van der Waals surface area (Å²) in [6, 6.07) is 7.56. The molecule has 1 saturated carbocycles. The van der Waals surface area contributed by atoms with Crippen LogP contribution in [0, 0.1) is 5.92 Å². The topological polar surface area (TPSA) is 90.9 Å². The molecule has 0 heterocycles. The zero-order chi connectivity index (χ0) is 13.7. The average Bonchev–Trinajstić information content (AvgIpc) is 2.84. The molecule has 0 aromatic heterocycles. The number of aliphatic hydroxyl groups excluding tert-OH is 1. The summed E-state index contributed by atoms with van der Waals surface area (Å²) in [6.45, 7) is 1.61. The van der Waals surface area contributed by atoms with E-state index in [1.165, 1.54) is 0 Å². The van der Waals surface area contributed by atoms with Crippen molar-refractivity contribution in [3.05, 3.63) is 35.4 Å². The van der Waals surface area contributed by atoms with Crippen molar-refractivity contribution in [1.29, 1.82) is 0 Å². The van der Waals surface area contributed by atoms with E-state index < -0.39 is 0 Å². The second-order valence-electron chi connectivity index (χ2n) is 5.07. The Bertz CT molecular complexity index is 431. The molecule has 1 aliphatic carbocycles. The number of hydrogen-bond acceptors (Lipinski definition) is 4. The van der Waals surface area contributed by atoms with Crippen molar-refractivity contribution >= 4 is 5.84 Å². The number of benzene rings is 1. The number of nitrogens with two attached hydrogens (primary N) is 1. The molecule has 1 aromatic carbocycles. The van der Waals surface area contributed by atoms with Crippen LogP contribution in [-0.2, 0) is 6.54 Å². The van der Waals surface area contributed by atoms with Gasteiger partial charge in [0.25, 0.3) is 0 Å². The van der Waals surface area contributed by atoms with E-state index in [9.17, 15) is 5.11 Å². The molecular weight excluding hydrogens is 242 g/mol. The summed E-state index contributed by atoms with van der Waals surface area (Å²) < 4.78 is 0. The molecule has 0 amide bonds. The predicted octanol–water partition coefficient (Wildman–Crippen LogP) is 1.03. The zero-order valence-corrected chi connectivity index (χ0v) is 10.9. The highest BCUT2D eigenvalue weighted by Gasteiger charge is 2.24. The first kappa shape index (κ1) is 13.8. The molecule has 5 nitrogen and oxygen atoms in total. The van der Waals surface area contributed by atoms with E-state index in [0.717, 1.165) is 37.9 Å². The largest absolute Gasteiger partial charge is 0.409 e. The lowest BCUT2D eigenvalue weighted by molar-refractivity contribution is 0.131. The van der Waals surface area contributed by atoms with E-state index >= 15 is 0 Å². The van der Waals surface area contributed by atoms with Crippen molar-refractivity contribution in [1.82, 2.24) is 5.32 Å². The fourth-order valence-corrected chi connectivity index (χ4v) is 2.51. The van der Waals surface area contributed by atoms with Crippen molar-refractivity contribution in [2.24, 2.45) is 16.8 Å². The third-order valence-corrected chi connectivity index (χ3v) is 3.71. The molecule has 1 aliphatic rings. The van der Waals surface area contributed by atoms with E-state index in [1.807, 2.05) is 24.3 Å². The van der Waals surface area contributed by atoms with Crippen LogP contribution in [0.5, 0.6) is 0 Å². The molecule has 0 bridgehead atoms. The van der Waals surface area contributed by atoms with Crippen molar-refractivity contribution in [3.63, 3.8) is 0 Å². The highest BCUT2D eigenvalue weighted by atomic mass is 16.4. The maximum Gasteiger partial charge on any atom is 0.170 e. The number of oxime groups is 1. The number of aliphatic hydroxyl groups is 1. The van der Waals surface area contributed by atoms with Crippen LogP contribution in [0.4, 0.5) is 0 Å². The number of nitrogens with one attached hydrogen (secondary N) is 1. The maximum atomic E-state index is 9.72. The van der Waals surface area contributed by atoms with E-state index in [2.05, 4.69) is 10.5 Å². The van der Waals surface area contributed by atoms with Gasteiger partial charge in [0.1, 0.15) is 0 Å². The van der Waals surface area contributed by atoms with Crippen LogP contribution >= 0.6 is 0 Å². The Kier molecular flexibility index (Phi) is 4.76. The molecule has 1 fully saturated rings. The molecule has 2 atom stereocenters. The predicted molar refractivity (Wildman–Crippen MR) is 74.0 cm³/mol. The zero-order valence-electron chi connectivity index (χ0n) is 10.9. The summed E-state index contributed by atoms with van der Waals surface area (Å²) in [5.41, 5.74) is 7.35. The van der Waals surface area contributed by atoms with Crippen LogP contribution in [0.1, 0.15) is 30.4 Å². The van der Waals surface area contributed by atoms with Gasteiger partial charge in [-0.3, -0.25) is 0 Å². The first-order valence-electron chi connectivity index (χ1n) is 6.66. The van der Waals surface area contributed by atoms with E-state index in [4.69, 9.17) is 10.9 Å². The molecule has 19 heavy (non-hydrogen) atoms. The van der Waals surface area contributed by atoms with Gasteiger partial charge in [-0.05, 0) is 24.3 Å². The Morgan fingerprint density at radius 1 is 1.32 bits per heavy atom. The summed E-state index contributed by atoms with van der Waals surface area (Å²) in [4.78, 5) is 0. The number of amidine groups is 1. The quantitative estimate of drug-likeness (QED) is 0.276. The molecule has 2 unspecified atom stereocenters. The summed E-state index contributed by atoms with van der Waals surface area (Å²) in [6.07, 6.45) is 3.02. The van der Waals surface area contributed by atoms with Gasteiger partial charge in [0, 0.05) is 18.7 Å². The summed E-state index contributed by atoms with van der Waals surface area (Å²) in [5, 5.41) is 24.6. The summed E-state index contributed by atoms with van der Waals surface area (Å²) in [7, 11) is 0. The van der Waals surface area contributed by atoms with Crippen molar-refractivity contribution in [2.75, 3.05) is 6.54 Å². The lowest BCUT2D eigenvalue weighted by Gasteiger charge is -2.15. The van der Waals surface area contributed by atoms with E-state index in [-0.39, 0.29) is 11.9 Å². The first-order chi connectivity index (χ1) is 9.20. The molecular formula is C14H21N3O2. The maximum absolute atomic E-state index is 9.72. The Balaban J connectivity index is 1.80. The second kappa shape index (κ2) is 6.54. The van der Waals surface area contributed by atoms with Crippen LogP contribution in [0.25, 0.3) is 0 Å². The third kappa shape index (κ3) is 3.68. The van der Waals surface area contributed by atoms with Gasteiger partial charge in [0.05, 0.1) is 6.10 Å². The smallest absolute Gasteiger partial charge is 0.170 e. The van der Waals surface area contributed by atoms with Gasteiger partial charge in [-0.1, -0.05) is 35.8 Å². The van der Waals surface area contributed by atoms with Crippen LogP contribution in [0.15, 0.2) is 29.4 Å². The number of rotatable bonds is 5. The molecule has 0 aliphatic heterocycles. The van der Waals surface area contributed by atoms with Crippen LogP contribution in [0.3, 0.4) is 0 Å².